The van der Waals surface area contributed by atoms with Crippen LogP contribution >= 0.6 is 11.6 Å². The number of hydrogen-bond donors (Lipinski definition) is 2. The molecule has 0 aliphatic carbocycles. The van der Waals surface area contributed by atoms with Crippen LogP contribution in [0.5, 0.6) is 0 Å². The molecule has 0 bridgehead atoms. The number of nitrogens with zero attached hydrogens (tertiary/aromatic N) is 1. The van der Waals surface area contributed by atoms with Gasteiger partial charge in [-0.15, -0.1) is 0 Å². The molecule has 0 amide bonds. The molecule has 2 heterocycles. The minimum absolute atomic E-state index is 0.0363. The van der Waals surface area contributed by atoms with Crippen LogP contribution in [-0.2, 0) is 0 Å². The number of nitriles is 1. The van der Waals surface area contributed by atoms with E-state index in [1.807, 2.05) is 6.07 Å². The maximum absolute atomic E-state index is 15.1. The third-order valence-electron chi connectivity index (χ3n) is 4.78. The average molecular weight is 398 g/mol. The first-order valence-electron chi connectivity index (χ1n) is 8.64. The number of aromatic amines is 1. The SMILES string of the molecule is N#Cc1ccc(Cl)c(-c2cc(=O)c3c(F)c(C4=CCNCC4)c(F)cc3[nH]2)c1. The van der Waals surface area contributed by atoms with Crippen molar-refractivity contribution in [3.8, 4) is 17.3 Å². The standard InChI is InChI=1S/C21H14ClF2N3O/c22-14-2-1-11(10-25)7-13(14)16-9-18(28)20-17(27-16)8-15(23)19(21(20)24)12-3-5-26-6-4-12/h1-3,7-9,26H,4-6H2,(H,27,28). The van der Waals surface area contributed by atoms with Crippen molar-refractivity contribution in [1.82, 2.24) is 10.3 Å². The molecule has 7 heteroatoms. The molecule has 0 spiro atoms. The maximum Gasteiger partial charge on any atom is 0.193 e. The summed E-state index contributed by atoms with van der Waals surface area (Å²) in [7, 11) is 0. The summed E-state index contributed by atoms with van der Waals surface area (Å²) in [5.74, 6) is -1.60. The van der Waals surface area contributed by atoms with Crippen LogP contribution in [0.15, 0.2) is 41.2 Å². The fourth-order valence-corrected chi connectivity index (χ4v) is 3.65. The lowest BCUT2D eigenvalue weighted by Crippen LogP contribution is -2.21. The first kappa shape index (κ1) is 18.4. The third-order valence-corrected chi connectivity index (χ3v) is 5.11. The number of fused-ring (bicyclic) bond motifs is 1. The number of nitrogens with one attached hydrogen (secondary N) is 2. The molecule has 3 aromatic rings. The molecule has 0 saturated carbocycles. The molecular weight excluding hydrogens is 384 g/mol. The monoisotopic (exact) mass is 397 g/mol. The summed E-state index contributed by atoms with van der Waals surface area (Å²) in [6.07, 6.45) is 2.21. The molecule has 2 N–H and O–H groups in total. The van der Waals surface area contributed by atoms with Gasteiger partial charge in [-0.2, -0.15) is 5.26 Å². The van der Waals surface area contributed by atoms with Crippen molar-refractivity contribution in [2.45, 2.75) is 6.42 Å². The summed E-state index contributed by atoms with van der Waals surface area (Å²) in [5.41, 5.74) is 0.883. The molecule has 140 valence electrons. The van der Waals surface area contributed by atoms with Crippen LogP contribution in [0.1, 0.15) is 17.5 Å². The molecule has 0 fully saturated rings. The van der Waals surface area contributed by atoms with Gasteiger partial charge >= 0.3 is 0 Å². The molecule has 1 aromatic heterocycles. The quantitative estimate of drug-likeness (QED) is 0.674. The van der Waals surface area contributed by atoms with Crippen LogP contribution in [0.2, 0.25) is 5.02 Å². The van der Waals surface area contributed by atoms with E-state index < -0.39 is 17.1 Å². The Morgan fingerprint density at radius 3 is 2.71 bits per heavy atom. The van der Waals surface area contributed by atoms with E-state index in [9.17, 15) is 9.18 Å². The Bertz CT molecular complexity index is 1240. The predicted octanol–water partition coefficient (Wildman–Crippen LogP) is 4.38. The summed E-state index contributed by atoms with van der Waals surface area (Å²) in [6.45, 7) is 1.14. The number of hydrogen-bond acceptors (Lipinski definition) is 3. The Balaban J connectivity index is 1.95. The van der Waals surface area contributed by atoms with E-state index in [4.69, 9.17) is 16.9 Å². The second-order valence-corrected chi connectivity index (χ2v) is 6.91. The molecule has 1 aliphatic heterocycles. The Morgan fingerprint density at radius 1 is 1.18 bits per heavy atom. The smallest absolute Gasteiger partial charge is 0.193 e. The number of H-pyrrole nitrogens is 1. The minimum Gasteiger partial charge on any atom is -0.354 e. The minimum atomic E-state index is -0.868. The molecule has 2 aromatic carbocycles. The van der Waals surface area contributed by atoms with Crippen LogP contribution in [0.4, 0.5) is 8.78 Å². The molecule has 0 unspecified atom stereocenters. The lowest BCUT2D eigenvalue weighted by molar-refractivity contribution is 0.581. The highest BCUT2D eigenvalue weighted by Crippen LogP contribution is 2.32. The first-order valence-corrected chi connectivity index (χ1v) is 9.02. The van der Waals surface area contributed by atoms with Gasteiger partial charge < -0.3 is 10.3 Å². The van der Waals surface area contributed by atoms with Crippen LogP contribution < -0.4 is 10.7 Å². The van der Waals surface area contributed by atoms with Crippen LogP contribution in [-0.4, -0.2) is 18.1 Å². The van der Waals surface area contributed by atoms with E-state index in [-0.39, 0.29) is 22.2 Å². The lowest BCUT2D eigenvalue weighted by atomic mass is 9.96. The second kappa shape index (κ2) is 7.19. The highest BCUT2D eigenvalue weighted by molar-refractivity contribution is 6.33. The van der Waals surface area contributed by atoms with Gasteiger partial charge in [-0.1, -0.05) is 17.7 Å². The summed E-state index contributed by atoms with van der Waals surface area (Å²) in [5, 5.41) is 12.3. The topological polar surface area (TPSA) is 68.7 Å². The number of pyridine rings is 1. The van der Waals surface area contributed by atoms with Gasteiger partial charge in [0.05, 0.1) is 28.2 Å². The molecule has 28 heavy (non-hydrogen) atoms. The molecule has 4 nitrogen and oxygen atoms in total. The van der Waals surface area contributed by atoms with Gasteiger partial charge in [-0.25, -0.2) is 8.78 Å². The molecule has 1 aliphatic rings. The zero-order valence-corrected chi connectivity index (χ0v) is 15.3. The van der Waals surface area contributed by atoms with Crippen molar-refractivity contribution in [3.05, 3.63) is 74.4 Å². The number of rotatable bonds is 2. The molecule has 4 rings (SSSR count). The van der Waals surface area contributed by atoms with Crippen LogP contribution in [0, 0.1) is 23.0 Å². The van der Waals surface area contributed by atoms with Gasteiger partial charge in [-0.05, 0) is 42.8 Å². The number of benzene rings is 2. The van der Waals surface area contributed by atoms with Gasteiger partial charge in [0.15, 0.2) is 5.43 Å². The van der Waals surface area contributed by atoms with E-state index >= 15 is 4.39 Å². The van der Waals surface area contributed by atoms with Gasteiger partial charge in [0.2, 0.25) is 0 Å². The normalized spacial score (nSPS) is 14.0. The highest BCUT2D eigenvalue weighted by Gasteiger charge is 2.21. The van der Waals surface area contributed by atoms with Crippen molar-refractivity contribution in [2.75, 3.05) is 13.1 Å². The fourth-order valence-electron chi connectivity index (χ4n) is 3.43. The third kappa shape index (κ3) is 3.09. The molecular formula is C21H14ClF2N3O. The fraction of sp³-hybridized carbons (Fsp3) is 0.143. The van der Waals surface area contributed by atoms with E-state index in [1.165, 1.54) is 18.2 Å². The van der Waals surface area contributed by atoms with Crippen molar-refractivity contribution < 1.29 is 8.78 Å². The lowest BCUT2D eigenvalue weighted by Gasteiger charge is -2.17. The van der Waals surface area contributed by atoms with Crippen molar-refractivity contribution >= 4 is 28.1 Å². The number of aromatic nitrogens is 1. The predicted molar refractivity (Wildman–Crippen MR) is 105 cm³/mol. The van der Waals surface area contributed by atoms with Crippen LogP contribution in [0.3, 0.4) is 0 Å². The van der Waals surface area contributed by atoms with E-state index in [0.717, 1.165) is 6.07 Å². The van der Waals surface area contributed by atoms with Gasteiger partial charge in [-0.3, -0.25) is 4.79 Å². The molecule has 0 saturated heterocycles. The average Bonchev–Trinajstić information content (AvgIpc) is 2.68. The Labute approximate surface area is 164 Å². The van der Waals surface area contributed by atoms with Crippen molar-refractivity contribution in [1.29, 1.82) is 5.26 Å². The zero-order valence-electron chi connectivity index (χ0n) is 14.6. The van der Waals surface area contributed by atoms with Crippen LogP contribution in [0.25, 0.3) is 27.7 Å². The first-order chi connectivity index (χ1) is 13.5. The van der Waals surface area contributed by atoms with Gasteiger partial charge in [0.25, 0.3) is 0 Å². The summed E-state index contributed by atoms with van der Waals surface area (Å²) < 4.78 is 29.9. The summed E-state index contributed by atoms with van der Waals surface area (Å²) in [4.78, 5) is 15.6. The Morgan fingerprint density at radius 2 is 2.00 bits per heavy atom. The molecule has 0 atom stereocenters. The number of halogens is 3. The van der Waals surface area contributed by atoms with E-state index in [0.29, 0.717) is 41.2 Å². The maximum atomic E-state index is 15.1. The van der Waals surface area contributed by atoms with Crippen molar-refractivity contribution in [3.63, 3.8) is 0 Å². The molecule has 0 radical (unpaired) electrons. The van der Waals surface area contributed by atoms with Gasteiger partial charge in [0.1, 0.15) is 11.6 Å². The highest BCUT2D eigenvalue weighted by atomic mass is 35.5. The summed E-state index contributed by atoms with van der Waals surface area (Å²) in [6, 6.07) is 8.93. The van der Waals surface area contributed by atoms with E-state index in [1.54, 1.807) is 12.1 Å². The second-order valence-electron chi connectivity index (χ2n) is 6.51. The van der Waals surface area contributed by atoms with Crippen molar-refractivity contribution in [2.24, 2.45) is 0 Å². The Kier molecular flexibility index (Phi) is 4.71. The summed E-state index contributed by atoms with van der Waals surface area (Å²) >= 11 is 6.19. The van der Waals surface area contributed by atoms with E-state index in [2.05, 4.69) is 10.3 Å². The largest absolute Gasteiger partial charge is 0.354 e. The van der Waals surface area contributed by atoms with Gasteiger partial charge in [0, 0.05) is 28.8 Å². The Hall–Kier alpha value is -3.01. The zero-order chi connectivity index (χ0) is 19.8.